The van der Waals surface area contributed by atoms with Crippen LogP contribution >= 0.6 is 0 Å². The average molecular weight is 354 g/mol. The van der Waals surface area contributed by atoms with E-state index in [0.29, 0.717) is 29.5 Å². The van der Waals surface area contributed by atoms with Crippen LogP contribution < -0.4 is 15.2 Å². The molecule has 1 amide bonds. The van der Waals surface area contributed by atoms with Gasteiger partial charge in [-0.2, -0.15) is 0 Å². The number of ether oxygens (including phenoxy) is 2. The summed E-state index contributed by atoms with van der Waals surface area (Å²) >= 11 is 0. The Morgan fingerprint density at radius 2 is 1.88 bits per heavy atom. The molecular weight excluding hydrogens is 328 g/mol. The number of piperidine rings is 1. The Kier molecular flexibility index (Phi) is 5.78. The molecule has 3 rings (SSSR count). The summed E-state index contributed by atoms with van der Waals surface area (Å²) in [5.41, 5.74) is 8.81. The summed E-state index contributed by atoms with van der Waals surface area (Å²) in [5.74, 6) is 1.71. The third kappa shape index (κ3) is 3.83. The lowest BCUT2D eigenvalue weighted by Gasteiger charge is -2.32. The number of nitrogens with two attached hydrogens (primary N) is 1. The van der Waals surface area contributed by atoms with Gasteiger partial charge in [-0.3, -0.25) is 4.79 Å². The average Bonchev–Trinajstić information content (AvgIpc) is 2.72. The normalized spacial score (nSPS) is 15.0. The molecule has 0 bridgehead atoms. The Balaban J connectivity index is 1.68. The van der Waals surface area contributed by atoms with Gasteiger partial charge in [-0.25, -0.2) is 0 Å². The fourth-order valence-corrected chi connectivity index (χ4v) is 3.54. The first-order valence-corrected chi connectivity index (χ1v) is 8.96. The van der Waals surface area contributed by atoms with Crippen molar-refractivity contribution in [1.29, 1.82) is 0 Å². The van der Waals surface area contributed by atoms with Crippen LogP contribution in [-0.2, 0) is 6.54 Å². The molecule has 0 spiro atoms. The molecule has 1 aliphatic heterocycles. The van der Waals surface area contributed by atoms with E-state index in [1.54, 1.807) is 32.4 Å². The minimum Gasteiger partial charge on any atom is -0.497 e. The van der Waals surface area contributed by atoms with Gasteiger partial charge in [-0.05, 0) is 42.0 Å². The summed E-state index contributed by atoms with van der Waals surface area (Å²) < 4.78 is 10.6. The van der Waals surface area contributed by atoms with Crippen molar-refractivity contribution >= 4 is 5.91 Å². The zero-order valence-corrected chi connectivity index (χ0v) is 15.4. The predicted molar refractivity (Wildman–Crippen MR) is 102 cm³/mol. The third-order valence-corrected chi connectivity index (χ3v) is 5.08. The third-order valence-electron chi connectivity index (χ3n) is 5.08. The molecular formula is C21H26N2O3. The fraction of sp³-hybridized carbons (Fsp3) is 0.381. The van der Waals surface area contributed by atoms with E-state index in [9.17, 15) is 4.79 Å². The van der Waals surface area contributed by atoms with Crippen LogP contribution in [0.5, 0.6) is 11.5 Å². The van der Waals surface area contributed by atoms with Crippen LogP contribution in [0.25, 0.3) is 0 Å². The summed E-state index contributed by atoms with van der Waals surface area (Å²) in [5, 5.41) is 0. The van der Waals surface area contributed by atoms with Crippen molar-refractivity contribution in [3.8, 4) is 11.5 Å². The van der Waals surface area contributed by atoms with Crippen molar-refractivity contribution in [1.82, 2.24) is 4.90 Å². The molecule has 1 fully saturated rings. The van der Waals surface area contributed by atoms with E-state index in [2.05, 4.69) is 24.3 Å². The highest BCUT2D eigenvalue weighted by atomic mass is 16.5. The van der Waals surface area contributed by atoms with Gasteiger partial charge in [0, 0.05) is 25.7 Å². The van der Waals surface area contributed by atoms with Gasteiger partial charge >= 0.3 is 0 Å². The van der Waals surface area contributed by atoms with E-state index in [1.807, 2.05) is 4.90 Å². The summed E-state index contributed by atoms with van der Waals surface area (Å²) in [6.07, 6.45) is 1.91. The predicted octanol–water partition coefficient (Wildman–Crippen LogP) is 3.18. The van der Waals surface area contributed by atoms with Crippen molar-refractivity contribution in [2.24, 2.45) is 5.73 Å². The number of amides is 1. The van der Waals surface area contributed by atoms with E-state index in [-0.39, 0.29) is 5.91 Å². The largest absolute Gasteiger partial charge is 0.497 e. The van der Waals surface area contributed by atoms with E-state index in [1.165, 1.54) is 5.56 Å². The molecule has 0 saturated carbocycles. The molecule has 2 aromatic rings. The molecule has 5 heteroatoms. The van der Waals surface area contributed by atoms with Crippen molar-refractivity contribution in [2.75, 3.05) is 27.3 Å². The lowest BCUT2D eigenvalue weighted by atomic mass is 9.88. The Morgan fingerprint density at radius 3 is 2.54 bits per heavy atom. The fourth-order valence-electron chi connectivity index (χ4n) is 3.54. The Bertz CT molecular complexity index is 768. The SMILES string of the molecule is COc1ccc(C(=O)N2CCC(c3cccc(CN)c3)CC2)c(OC)c1. The second-order valence-corrected chi connectivity index (χ2v) is 6.58. The molecule has 26 heavy (non-hydrogen) atoms. The van der Waals surface area contributed by atoms with Gasteiger partial charge in [0.1, 0.15) is 11.5 Å². The number of rotatable bonds is 5. The monoisotopic (exact) mass is 354 g/mol. The standard InChI is InChI=1S/C21H26N2O3/c1-25-18-6-7-19(20(13-18)26-2)21(24)23-10-8-16(9-11-23)17-5-3-4-15(12-17)14-22/h3-7,12-13,16H,8-11,14,22H2,1-2H3. The summed E-state index contributed by atoms with van der Waals surface area (Å²) in [6, 6.07) is 13.8. The molecule has 0 atom stereocenters. The molecule has 0 radical (unpaired) electrons. The quantitative estimate of drug-likeness (QED) is 0.896. The number of methoxy groups -OCH3 is 2. The van der Waals surface area contributed by atoms with Gasteiger partial charge in [0.25, 0.3) is 5.91 Å². The van der Waals surface area contributed by atoms with Gasteiger partial charge in [-0.1, -0.05) is 24.3 Å². The summed E-state index contributed by atoms with van der Waals surface area (Å²) in [7, 11) is 3.17. The van der Waals surface area contributed by atoms with Gasteiger partial charge in [0.05, 0.1) is 19.8 Å². The van der Waals surface area contributed by atoms with Crippen molar-refractivity contribution in [3.05, 3.63) is 59.2 Å². The van der Waals surface area contributed by atoms with Crippen LogP contribution in [0, 0.1) is 0 Å². The minimum atomic E-state index is 0.0126. The second kappa shape index (κ2) is 8.23. The smallest absolute Gasteiger partial charge is 0.257 e. The molecule has 1 heterocycles. The van der Waals surface area contributed by atoms with Gasteiger partial charge in [-0.15, -0.1) is 0 Å². The molecule has 138 valence electrons. The summed E-state index contributed by atoms with van der Waals surface area (Å²) in [4.78, 5) is 14.8. The first-order chi connectivity index (χ1) is 12.7. The van der Waals surface area contributed by atoms with Crippen molar-refractivity contribution in [2.45, 2.75) is 25.3 Å². The van der Waals surface area contributed by atoms with Gasteiger partial charge < -0.3 is 20.1 Å². The first-order valence-electron chi connectivity index (χ1n) is 8.96. The second-order valence-electron chi connectivity index (χ2n) is 6.58. The number of carbonyl (C=O) groups is 1. The van der Waals surface area contributed by atoms with Crippen LogP contribution in [0.4, 0.5) is 0 Å². The van der Waals surface area contributed by atoms with Gasteiger partial charge in [0.2, 0.25) is 0 Å². The van der Waals surface area contributed by atoms with Crippen LogP contribution in [0.3, 0.4) is 0 Å². The lowest BCUT2D eigenvalue weighted by Crippen LogP contribution is -2.38. The Labute approximate surface area is 154 Å². The highest BCUT2D eigenvalue weighted by molar-refractivity contribution is 5.97. The maximum Gasteiger partial charge on any atom is 0.257 e. The van der Waals surface area contributed by atoms with Crippen LogP contribution in [-0.4, -0.2) is 38.1 Å². The summed E-state index contributed by atoms with van der Waals surface area (Å²) in [6.45, 7) is 2.04. The number of carbonyl (C=O) groups excluding carboxylic acids is 1. The van der Waals surface area contributed by atoms with E-state index < -0.39 is 0 Å². The first kappa shape index (κ1) is 18.3. The molecule has 1 saturated heterocycles. The molecule has 0 aromatic heterocycles. The van der Waals surface area contributed by atoms with Crippen molar-refractivity contribution in [3.63, 3.8) is 0 Å². The topological polar surface area (TPSA) is 64.8 Å². The number of hydrogen-bond donors (Lipinski definition) is 1. The van der Waals surface area contributed by atoms with E-state index >= 15 is 0 Å². The molecule has 2 aromatic carbocycles. The maximum atomic E-state index is 12.9. The lowest BCUT2D eigenvalue weighted by molar-refractivity contribution is 0.0709. The number of hydrogen-bond acceptors (Lipinski definition) is 4. The highest BCUT2D eigenvalue weighted by Gasteiger charge is 2.26. The van der Waals surface area contributed by atoms with Gasteiger partial charge in [0.15, 0.2) is 0 Å². The molecule has 0 unspecified atom stereocenters. The minimum absolute atomic E-state index is 0.0126. The molecule has 5 nitrogen and oxygen atoms in total. The maximum absolute atomic E-state index is 12.9. The van der Waals surface area contributed by atoms with E-state index in [0.717, 1.165) is 31.5 Å². The Hall–Kier alpha value is -2.53. The van der Waals surface area contributed by atoms with Crippen LogP contribution in [0.2, 0.25) is 0 Å². The highest BCUT2D eigenvalue weighted by Crippen LogP contribution is 2.31. The number of nitrogens with zero attached hydrogens (tertiary/aromatic N) is 1. The zero-order chi connectivity index (χ0) is 18.5. The van der Waals surface area contributed by atoms with Crippen molar-refractivity contribution < 1.29 is 14.3 Å². The number of benzene rings is 2. The molecule has 0 aliphatic carbocycles. The Morgan fingerprint density at radius 1 is 1.12 bits per heavy atom. The molecule has 2 N–H and O–H groups in total. The molecule has 1 aliphatic rings. The van der Waals surface area contributed by atoms with Crippen LogP contribution in [0.1, 0.15) is 40.2 Å². The van der Waals surface area contributed by atoms with Crippen LogP contribution in [0.15, 0.2) is 42.5 Å². The number of likely N-dealkylation sites (tertiary alicyclic amines) is 1. The van der Waals surface area contributed by atoms with E-state index in [4.69, 9.17) is 15.2 Å². The zero-order valence-electron chi connectivity index (χ0n) is 15.4.